The second-order valence-corrected chi connectivity index (χ2v) is 7.24. The van der Waals surface area contributed by atoms with Crippen LogP contribution in [0.5, 0.6) is 0 Å². The van der Waals surface area contributed by atoms with Crippen molar-refractivity contribution >= 4 is 21.6 Å². The molecular weight excluding hydrogens is 331 g/mol. The van der Waals surface area contributed by atoms with E-state index in [1.165, 1.54) is 44.9 Å². The zero-order valence-corrected chi connectivity index (χ0v) is 14.0. The molecule has 116 valence electrons. The summed E-state index contributed by atoms with van der Waals surface area (Å²) in [5.41, 5.74) is 0.906. The van der Waals surface area contributed by atoms with Crippen LogP contribution >= 0.6 is 15.9 Å². The second kappa shape index (κ2) is 7.10. The van der Waals surface area contributed by atoms with Gasteiger partial charge in [-0.1, -0.05) is 19.3 Å². The fourth-order valence-corrected chi connectivity index (χ4v) is 4.11. The third kappa shape index (κ3) is 3.78. The summed E-state index contributed by atoms with van der Waals surface area (Å²) >= 11 is 3.22. The summed E-state index contributed by atoms with van der Waals surface area (Å²) in [7, 11) is 0. The lowest BCUT2D eigenvalue weighted by Crippen LogP contribution is -2.48. The van der Waals surface area contributed by atoms with Gasteiger partial charge in [-0.05, 0) is 72.3 Å². The molecule has 2 aliphatic rings. The maximum Gasteiger partial charge on any atom is 0.139 e. The monoisotopic (exact) mass is 354 g/mol. The van der Waals surface area contributed by atoms with E-state index in [1.54, 1.807) is 12.1 Å². The predicted octanol–water partition coefficient (Wildman–Crippen LogP) is 4.70. The van der Waals surface area contributed by atoms with Crippen molar-refractivity contribution in [3.63, 3.8) is 0 Å². The van der Waals surface area contributed by atoms with Crippen molar-refractivity contribution in [3.8, 4) is 0 Å². The van der Waals surface area contributed by atoms with Gasteiger partial charge in [-0.3, -0.25) is 0 Å². The fourth-order valence-electron chi connectivity index (χ4n) is 3.86. The van der Waals surface area contributed by atoms with Gasteiger partial charge in [-0.2, -0.15) is 0 Å². The maximum absolute atomic E-state index is 13.7. The molecule has 2 fully saturated rings. The summed E-state index contributed by atoms with van der Waals surface area (Å²) in [4.78, 5) is 0. The van der Waals surface area contributed by atoms with E-state index < -0.39 is 0 Å². The SMILES string of the molecule is Fc1cc(NC2CCCCC2C2CCCCN2)ccc1Br. The van der Waals surface area contributed by atoms with Crippen LogP contribution in [-0.4, -0.2) is 18.6 Å². The van der Waals surface area contributed by atoms with E-state index in [0.29, 0.717) is 22.5 Å². The number of halogens is 2. The lowest BCUT2D eigenvalue weighted by Gasteiger charge is -2.40. The number of rotatable bonds is 3. The van der Waals surface area contributed by atoms with E-state index in [1.807, 2.05) is 6.07 Å². The normalized spacial score (nSPS) is 30.1. The van der Waals surface area contributed by atoms with Gasteiger partial charge in [0.25, 0.3) is 0 Å². The van der Waals surface area contributed by atoms with E-state index in [4.69, 9.17) is 0 Å². The first-order valence-electron chi connectivity index (χ1n) is 8.19. The van der Waals surface area contributed by atoms with Crippen LogP contribution in [-0.2, 0) is 0 Å². The highest BCUT2D eigenvalue weighted by Crippen LogP contribution is 2.33. The standard InChI is InChI=1S/C17H24BrFN2/c18-14-9-8-12(11-15(14)19)21-17-7-2-1-5-13(17)16-6-3-4-10-20-16/h8-9,11,13,16-17,20-21H,1-7,10H2. The van der Waals surface area contributed by atoms with Crippen LogP contribution in [0.15, 0.2) is 22.7 Å². The number of benzene rings is 1. The van der Waals surface area contributed by atoms with Crippen LogP contribution in [0.1, 0.15) is 44.9 Å². The van der Waals surface area contributed by atoms with Crippen LogP contribution in [0.25, 0.3) is 0 Å². The van der Waals surface area contributed by atoms with Gasteiger partial charge < -0.3 is 10.6 Å². The summed E-state index contributed by atoms with van der Waals surface area (Å²) in [6.07, 6.45) is 9.02. The lowest BCUT2D eigenvalue weighted by atomic mass is 9.77. The summed E-state index contributed by atoms with van der Waals surface area (Å²) in [6.45, 7) is 1.15. The number of hydrogen-bond acceptors (Lipinski definition) is 2. The van der Waals surface area contributed by atoms with Crippen molar-refractivity contribution in [3.05, 3.63) is 28.5 Å². The number of piperidine rings is 1. The molecule has 0 amide bonds. The van der Waals surface area contributed by atoms with Gasteiger partial charge in [0.2, 0.25) is 0 Å². The second-order valence-electron chi connectivity index (χ2n) is 6.38. The first kappa shape index (κ1) is 15.3. The molecule has 0 spiro atoms. The van der Waals surface area contributed by atoms with E-state index in [9.17, 15) is 4.39 Å². The largest absolute Gasteiger partial charge is 0.382 e. The van der Waals surface area contributed by atoms with Gasteiger partial charge in [0.05, 0.1) is 4.47 Å². The Hall–Kier alpha value is -0.610. The first-order chi connectivity index (χ1) is 10.2. The third-order valence-corrected chi connectivity index (χ3v) is 5.60. The van der Waals surface area contributed by atoms with Gasteiger partial charge in [0.1, 0.15) is 5.82 Å². The molecule has 1 aliphatic heterocycles. The van der Waals surface area contributed by atoms with E-state index in [2.05, 4.69) is 26.6 Å². The number of hydrogen-bond donors (Lipinski definition) is 2. The Morgan fingerprint density at radius 3 is 2.67 bits per heavy atom. The summed E-state index contributed by atoms with van der Waals surface area (Å²) in [5.74, 6) is 0.480. The van der Waals surface area contributed by atoms with Gasteiger partial charge in [-0.25, -0.2) is 4.39 Å². The average Bonchev–Trinajstić information content (AvgIpc) is 2.52. The highest BCUT2D eigenvalue weighted by Gasteiger charge is 2.32. The molecule has 3 rings (SSSR count). The Labute approximate surface area is 135 Å². The molecule has 1 heterocycles. The smallest absolute Gasteiger partial charge is 0.139 e. The van der Waals surface area contributed by atoms with Gasteiger partial charge >= 0.3 is 0 Å². The van der Waals surface area contributed by atoms with Gasteiger partial charge in [-0.15, -0.1) is 0 Å². The minimum atomic E-state index is -0.192. The molecular formula is C17H24BrFN2. The number of anilines is 1. The zero-order chi connectivity index (χ0) is 14.7. The van der Waals surface area contributed by atoms with E-state index >= 15 is 0 Å². The van der Waals surface area contributed by atoms with Crippen LogP contribution in [0.2, 0.25) is 0 Å². The Kier molecular flexibility index (Phi) is 5.17. The minimum absolute atomic E-state index is 0.192. The van der Waals surface area contributed by atoms with Crippen molar-refractivity contribution in [1.29, 1.82) is 0 Å². The van der Waals surface area contributed by atoms with E-state index in [0.717, 1.165) is 12.2 Å². The van der Waals surface area contributed by atoms with Crippen LogP contribution in [0, 0.1) is 11.7 Å². The molecule has 3 unspecified atom stereocenters. The topological polar surface area (TPSA) is 24.1 Å². The molecule has 1 saturated heterocycles. The van der Waals surface area contributed by atoms with Gasteiger partial charge in [0, 0.05) is 17.8 Å². The molecule has 1 aromatic carbocycles. The molecule has 1 saturated carbocycles. The highest BCUT2D eigenvalue weighted by atomic mass is 79.9. The molecule has 1 aromatic rings. The predicted molar refractivity (Wildman–Crippen MR) is 89.1 cm³/mol. The van der Waals surface area contributed by atoms with Crippen molar-refractivity contribution in [2.75, 3.05) is 11.9 Å². The molecule has 3 atom stereocenters. The highest BCUT2D eigenvalue weighted by molar-refractivity contribution is 9.10. The Morgan fingerprint density at radius 2 is 1.90 bits per heavy atom. The minimum Gasteiger partial charge on any atom is -0.382 e. The van der Waals surface area contributed by atoms with E-state index in [-0.39, 0.29) is 5.82 Å². The fraction of sp³-hybridized carbons (Fsp3) is 0.647. The zero-order valence-electron chi connectivity index (χ0n) is 12.4. The molecule has 21 heavy (non-hydrogen) atoms. The molecule has 0 aromatic heterocycles. The quantitative estimate of drug-likeness (QED) is 0.821. The molecule has 2 N–H and O–H groups in total. The third-order valence-electron chi connectivity index (χ3n) is 4.96. The summed E-state index contributed by atoms with van der Waals surface area (Å²) < 4.78 is 14.2. The Morgan fingerprint density at radius 1 is 1.10 bits per heavy atom. The molecule has 0 radical (unpaired) electrons. The Balaban J connectivity index is 1.69. The van der Waals surface area contributed by atoms with Crippen LogP contribution in [0.3, 0.4) is 0 Å². The molecule has 0 bridgehead atoms. The molecule has 2 nitrogen and oxygen atoms in total. The van der Waals surface area contributed by atoms with Crippen LogP contribution in [0.4, 0.5) is 10.1 Å². The molecule has 1 aliphatic carbocycles. The van der Waals surface area contributed by atoms with Crippen molar-refractivity contribution in [1.82, 2.24) is 5.32 Å². The van der Waals surface area contributed by atoms with Gasteiger partial charge in [0.15, 0.2) is 0 Å². The summed E-state index contributed by atoms with van der Waals surface area (Å²) in [5, 5.41) is 7.30. The van der Waals surface area contributed by atoms with Crippen molar-refractivity contribution < 1.29 is 4.39 Å². The van der Waals surface area contributed by atoms with Crippen molar-refractivity contribution in [2.24, 2.45) is 5.92 Å². The molecule has 4 heteroatoms. The van der Waals surface area contributed by atoms with Crippen LogP contribution < -0.4 is 10.6 Å². The first-order valence-corrected chi connectivity index (χ1v) is 8.98. The number of nitrogens with one attached hydrogen (secondary N) is 2. The van der Waals surface area contributed by atoms with Crippen molar-refractivity contribution in [2.45, 2.75) is 57.0 Å². The average molecular weight is 355 g/mol. The Bertz CT molecular complexity index is 474. The lowest BCUT2D eigenvalue weighted by molar-refractivity contribution is 0.217. The maximum atomic E-state index is 13.7. The summed E-state index contributed by atoms with van der Waals surface area (Å²) in [6, 6.07) is 6.46.